The van der Waals surface area contributed by atoms with Crippen molar-refractivity contribution in [2.24, 2.45) is 0 Å². The van der Waals surface area contributed by atoms with Gasteiger partial charge in [-0.2, -0.15) is 0 Å². The lowest BCUT2D eigenvalue weighted by molar-refractivity contribution is 0.277. The van der Waals surface area contributed by atoms with Gasteiger partial charge in [-0.05, 0) is 21.1 Å². The van der Waals surface area contributed by atoms with Crippen molar-refractivity contribution in [2.75, 3.05) is 60.4 Å². The predicted octanol–water partition coefficient (Wildman–Crippen LogP) is 0.533. The highest BCUT2D eigenvalue weighted by molar-refractivity contribution is 4.64. The summed E-state index contributed by atoms with van der Waals surface area (Å²) >= 11 is 0. The molecular formula is C9H27N3. The van der Waals surface area contributed by atoms with Gasteiger partial charge < -0.3 is 14.7 Å². The monoisotopic (exact) mass is 177 g/mol. The molecule has 1 heterocycles. The topological polar surface area (TPSA) is 9.72 Å². The first kappa shape index (κ1) is 9.96. The smallest absolute Gasteiger partial charge is 0.0107 e. The van der Waals surface area contributed by atoms with Crippen LogP contribution in [0.2, 0.25) is 0 Å². The first-order chi connectivity index (χ1) is 5.68. The van der Waals surface area contributed by atoms with Crippen molar-refractivity contribution in [3.05, 3.63) is 0 Å². The third-order valence-corrected chi connectivity index (χ3v) is 2.59. The van der Waals surface area contributed by atoms with E-state index in [1.165, 1.54) is 39.3 Å². The predicted molar refractivity (Wildman–Crippen MR) is 58.8 cm³/mol. The summed E-state index contributed by atoms with van der Waals surface area (Å²) in [6.45, 7) is 7.19. The minimum Gasteiger partial charge on any atom is -0.304 e. The molecule has 1 saturated heterocycles. The molecule has 0 aliphatic carbocycles. The fourth-order valence-corrected chi connectivity index (χ4v) is 1.36. The van der Waals surface area contributed by atoms with Gasteiger partial charge in [0.2, 0.25) is 0 Å². The Hall–Kier alpha value is -0.120. The van der Waals surface area contributed by atoms with Crippen molar-refractivity contribution in [1.82, 2.24) is 14.7 Å². The van der Waals surface area contributed by atoms with E-state index in [1.807, 2.05) is 0 Å². The summed E-state index contributed by atoms with van der Waals surface area (Å²) < 4.78 is 0. The third-order valence-electron chi connectivity index (χ3n) is 2.59. The summed E-state index contributed by atoms with van der Waals surface area (Å²) in [5, 5.41) is 0. The second-order valence-electron chi connectivity index (χ2n) is 3.91. The molecule has 3 nitrogen and oxygen atoms in total. The number of rotatable bonds is 0. The van der Waals surface area contributed by atoms with Gasteiger partial charge in [0.05, 0.1) is 0 Å². The molecule has 78 valence electrons. The van der Waals surface area contributed by atoms with Gasteiger partial charge in [0.25, 0.3) is 0 Å². The zero-order chi connectivity index (χ0) is 8.97. The van der Waals surface area contributed by atoms with E-state index in [-0.39, 0.29) is 4.28 Å². The van der Waals surface area contributed by atoms with E-state index in [4.69, 9.17) is 0 Å². The van der Waals surface area contributed by atoms with Crippen LogP contribution in [0.15, 0.2) is 0 Å². The van der Waals surface area contributed by atoms with E-state index in [0.717, 1.165) is 0 Å². The van der Waals surface area contributed by atoms with Crippen molar-refractivity contribution in [2.45, 2.75) is 0 Å². The number of likely N-dealkylation sites (N-methyl/N-ethyl adjacent to an activating group) is 3. The molecule has 3 heteroatoms. The van der Waals surface area contributed by atoms with E-state index in [0.29, 0.717) is 0 Å². The highest BCUT2D eigenvalue weighted by atomic mass is 15.2. The molecule has 0 amide bonds. The highest BCUT2D eigenvalue weighted by Crippen LogP contribution is 1.93. The molecule has 0 atom stereocenters. The largest absolute Gasteiger partial charge is 0.304 e. The Morgan fingerprint density at radius 1 is 0.583 bits per heavy atom. The maximum atomic E-state index is 2.40. The van der Waals surface area contributed by atoms with Gasteiger partial charge >= 0.3 is 0 Å². The summed E-state index contributed by atoms with van der Waals surface area (Å²) in [6.07, 6.45) is 0. The first-order valence-electron chi connectivity index (χ1n) is 4.74. The van der Waals surface area contributed by atoms with Crippen LogP contribution in [-0.2, 0) is 0 Å². The van der Waals surface area contributed by atoms with Crippen molar-refractivity contribution in [3.63, 3.8) is 0 Å². The van der Waals surface area contributed by atoms with Gasteiger partial charge in [-0.25, -0.2) is 0 Å². The van der Waals surface area contributed by atoms with E-state index in [2.05, 4.69) is 35.8 Å². The van der Waals surface area contributed by atoms with Gasteiger partial charge in [0.15, 0.2) is 0 Å². The Morgan fingerprint density at radius 3 is 0.917 bits per heavy atom. The van der Waals surface area contributed by atoms with Crippen LogP contribution in [0.25, 0.3) is 0 Å². The van der Waals surface area contributed by atoms with E-state index in [9.17, 15) is 0 Å². The average molecular weight is 177 g/mol. The Bertz CT molecular complexity index is 102. The molecule has 1 aliphatic rings. The summed E-state index contributed by atoms with van der Waals surface area (Å²) in [7, 11) is 6.60. The fraction of sp³-hybridized carbons (Fsp3) is 1.00. The molecule has 0 unspecified atom stereocenters. The van der Waals surface area contributed by atoms with Gasteiger partial charge in [0, 0.05) is 43.5 Å². The van der Waals surface area contributed by atoms with Crippen LogP contribution in [0.3, 0.4) is 0 Å². The quantitative estimate of drug-likeness (QED) is 0.534. The van der Waals surface area contributed by atoms with Crippen LogP contribution in [0.5, 0.6) is 0 Å². The molecule has 0 saturated carbocycles. The molecule has 12 heavy (non-hydrogen) atoms. The molecule has 0 spiro atoms. The molecule has 0 N–H and O–H groups in total. The Kier molecular flexibility index (Phi) is 3.98. The van der Waals surface area contributed by atoms with Crippen LogP contribution in [0, 0.1) is 0 Å². The maximum absolute atomic E-state index is 2.40. The van der Waals surface area contributed by atoms with Crippen LogP contribution >= 0.6 is 0 Å². The molecule has 0 aromatic heterocycles. The third kappa shape index (κ3) is 3.52. The summed E-state index contributed by atoms with van der Waals surface area (Å²) in [4.78, 5) is 7.20. The molecular weight excluding hydrogens is 150 g/mol. The summed E-state index contributed by atoms with van der Waals surface area (Å²) in [5.41, 5.74) is 0. The van der Waals surface area contributed by atoms with Crippen molar-refractivity contribution in [1.29, 1.82) is 0 Å². The Balaban J connectivity index is -0.000000480. The molecule has 0 radical (unpaired) electrons. The second-order valence-corrected chi connectivity index (χ2v) is 3.91. The molecule has 1 aliphatic heterocycles. The number of nitrogens with zero attached hydrogens (tertiary/aromatic N) is 3. The van der Waals surface area contributed by atoms with Crippen molar-refractivity contribution in [3.8, 4) is 0 Å². The number of hydrogen-bond acceptors (Lipinski definition) is 3. The van der Waals surface area contributed by atoms with Crippen molar-refractivity contribution < 1.29 is 4.28 Å². The lowest BCUT2D eigenvalue weighted by Crippen LogP contribution is -2.31. The van der Waals surface area contributed by atoms with Crippen molar-refractivity contribution >= 4 is 0 Å². The minimum atomic E-state index is 0. The normalized spacial score (nSPS) is 26.2. The summed E-state index contributed by atoms with van der Waals surface area (Å²) in [5.74, 6) is 0. The van der Waals surface area contributed by atoms with E-state index < -0.39 is 0 Å². The lowest BCUT2D eigenvalue weighted by Gasteiger charge is -2.18. The molecule has 0 bridgehead atoms. The van der Waals surface area contributed by atoms with Crippen LogP contribution in [0.1, 0.15) is 4.28 Å². The maximum Gasteiger partial charge on any atom is 0.0107 e. The first-order valence-corrected chi connectivity index (χ1v) is 4.74. The zero-order valence-corrected chi connectivity index (χ0v) is 8.58. The van der Waals surface area contributed by atoms with E-state index >= 15 is 0 Å². The zero-order valence-electron chi connectivity index (χ0n) is 8.58. The molecule has 1 rings (SSSR count). The SMILES string of the molecule is CN1CCN(C)CCN(C)CC1.[HH].[HH].[HH]. The second kappa shape index (κ2) is 4.80. The lowest BCUT2D eigenvalue weighted by atomic mass is 10.5. The van der Waals surface area contributed by atoms with Crippen LogP contribution in [0.4, 0.5) is 0 Å². The average Bonchev–Trinajstić information content (AvgIpc) is 2.11. The summed E-state index contributed by atoms with van der Waals surface area (Å²) in [6, 6.07) is 0. The fourth-order valence-electron chi connectivity index (χ4n) is 1.36. The van der Waals surface area contributed by atoms with Crippen LogP contribution < -0.4 is 0 Å². The van der Waals surface area contributed by atoms with Gasteiger partial charge in [-0.3, -0.25) is 0 Å². The van der Waals surface area contributed by atoms with Crippen LogP contribution in [-0.4, -0.2) is 75.1 Å². The minimum absolute atomic E-state index is 0. The van der Waals surface area contributed by atoms with Gasteiger partial charge in [0.1, 0.15) is 0 Å². The molecule has 0 aromatic carbocycles. The molecule has 0 aromatic rings. The Labute approximate surface area is 80.4 Å². The van der Waals surface area contributed by atoms with E-state index in [1.54, 1.807) is 0 Å². The standard InChI is InChI=1S/C9H21N3.3H2/c1-10-4-6-11(2)8-9-12(3)7-5-10;;;/h4-9H2,1-3H3;3*1H. The highest BCUT2D eigenvalue weighted by Gasteiger charge is 2.08. The van der Waals surface area contributed by atoms with Gasteiger partial charge in [-0.15, -0.1) is 0 Å². The van der Waals surface area contributed by atoms with Gasteiger partial charge in [-0.1, -0.05) is 0 Å². The molecule has 1 fully saturated rings. The number of hydrogen-bond donors (Lipinski definition) is 0. The Morgan fingerprint density at radius 2 is 0.750 bits per heavy atom.